The maximum absolute atomic E-state index is 13.1. The monoisotopic (exact) mass is 462 g/mol. The van der Waals surface area contributed by atoms with Crippen LogP contribution in [0.15, 0.2) is 54.6 Å². The Kier molecular flexibility index (Phi) is 7.83. The summed E-state index contributed by atoms with van der Waals surface area (Å²) in [6.45, 7) is 2.79. The van der Waals surface area contributed by atoms with Crippen LogP contribution in [-0.4, -0.2) is 39.5 Å². The van der Waals surface area contributed by atoms with Gasteiger partial charge in [-0.25, -0.2) is 0 Å². The third-order valence-electron chi connectivity index (χ3n) is 6.01. The molecule has 0 bridgehead atoms. The van der Waals surface area contributed by atoms with E-state index in [9.17, 15) is 9.59 Å². The van der Waals surface area contributed by atoms with Gasteiger partial charge in [-0.3, -0.25) is 14.9 Å². The molecule has 2 heterocycles. The van der Waals surface area contributed by atoms with E-state index in [1.807, 2.05) is 54.6 Å². The molecule has 1 saturated heterocycles. The highest BCUT2D eigenvalue weighted by molar-refractivity contribution is 7.18. The van der Waals surface area contributed by atoms with Gasteiger partial charge in [0.05, 0.1) is 0 Å². The number of carbonyl (C=O) groups is 2. The van der Waals surface area contributed by atoms with Crippen LogP contribution < -0.4 is 5.32 Å². The van der Waals surface area contributed by atoms with Crippen molar-refractivity contribution >= 4 is 28.3 Å². The molecule has 0 spiro atoms. The SMILES string of the molecule is CCCCCCc1ccc(C(=O)N2CCCC2C(=O)Nc2nnc(-c3ccccc3)s2)cc1. The molecule has 6 nitrogen and oxygen atoms in total. The van der Waals surface area contributed by atoms with Gasteiger partial charge in [-0.15, -0.1) is 10.2 Å². The molecule has 4 rings (SSSR count). The molecule has 1 atom stereocenters. The van der Waals surface area contributed by atoms with Crippen LogP contribution in [0.5, 0.6) is 0 Å². The Bertz CT molecular complexity index is 1070. The number of aryl methyl sites for hydroxylation is 1. The van der Waals surface area contributed by atoms with Crippen molar-refractivity contribution in [2.24, 2.45) is 0 Å². The summed E-state index contributed by atoms with van der Waals surface area (Å²) in [7, 11) is 0. The van der Waals surface area contributed by atoms with E-state index in [2.05, 4.69) is 22.4 Å². The van der Waals surface area contributed by atoms with Gasteiger partial charge in [0, 0.05) is 17.7 Å². The number of nitrogens with one attached hydrogen (secondary N) is 1. The van der Waals surface area contributed by atoms with Crippen molar-refractivity contribution in [2.75, 3.05) is 11.9 Å². The van der Waals surface area contributed by atoms with E-state index in [1.54, 1.807) is 4.90 Å². The summed E-state index contributed by atoms with van der Waals surface area (Å²) in [4.78, 5) is 27.8. The number of hydrogen-bond donors (Lipinski definition) is 1. The van der Waals surface area contributed by atoms with E-state index in [-0.39, 0.29) is 11.8 Å². The molecule has 0 saturated carbocycles. The van der Waals surface area contributed by atoms with Gasteiger partial charge in [-0.05, 0) is 43.4 Å². The third kappa shape index (κ3) is 5.85. The number of benzene rings is 2. The molecule has 2 amide bonds. The van der Waals surface area contributed by atoms with Crippen LogP contribution in [0.2, 0.25) is 0 Å². The number of rotatable bonds is 9. The molecular weight excluding hydrogens is 432 g/mol. The Balaban J connectivity index is 1.36. The number of unbranched alkanes of at least 4 members (excludes halogenated alkanes) is 3. The molecule has 1 unspecified atom stereocenters. The first-order valence-corrected chi connectivity index (χ1v) is 12.6. The molecular formula is C26H30N4O2S. The lowest BCUT2D eigenvalue weighted by Crippen LogP contribution is -2.43. The molecule has 1 aliphatic heterocycles. The van der Waals surface area contributed by atoms with E-state index in [0.29, 0.717) is 23.7 Å². The van der Waals surface area contributed by atoms with E-state index in [0.717, 1.165) is 23.4 Å². The van der Waals surface area contributed by atoms with Crippen LogP contribution in [0.4, 0.5) is 5.13 Å². The zero-order valence-electron chi connectivity index (χ0n) is 19.0. The van der Waals surface area contributed by atoms with E-state index >= 15 is 0 Å². The molecule has 1 aliphatic rings. The van der Waals surface area contributed by atoms with Crippen molar-refractivity contribution in [2.45, 2.75) is 57.9 Å². The second kappa shape index (κ2) is 11.2. The summed E-state index contributed by atoms with van der Waals surface area (Å²) in [6.07, 6.45) is 7.40. The fourth-order valence-electron chi connectivity index (χ4n) is 4.18. The third-order valence-corrected chi connectivity index (χ3v) is 6.90. The zero-order valence-corrected chi connectivity index (χ0v) is 19.8. The van der Waals surface area contributed by atoms with Crippen LogP contribution >= 0.6 is 11.3 Å². The van der Waals surface area contributed by atoms with Crippen LogP contribution in [0.25, 0.3) is 10.6 Å². The summed E-state index contributed by atoms with van der Waals surface area (Å²) in [5.74, 6) is -0.295. The molecule has 0 radical (unpaired) electrons. The van der Waals surface area contributed by atoms with Crippen molar-refractivity contribution in [1.82, 2.24) is 15.1 Å². The molecule has 7 heteroatoms. The Morgan fingerprint density at radius 3 is 2.58 bits per heavy atom. The number of amides is 2. The Labute approximate surface area is 199 Å². The lowest BCUT2D eigenvalue weighted by atomic mass is 10.0. The minimum atomic E-state index is -0.490. The van der Waals surface area contributed by atoms with Crippen molar-refractivity contribution in [3.05, 3.63) is 65.7 Å². The molecule has 1 aromatic heterocycles. The van der Waals surface area contributed by atoms with Crippen LogP contribution in [0, 0.1) is 0 Å². The normalized spacial score (nSPS) is 15.5. The number of carbonyl (C=O) groups excluding carboxylic acids is 2. The summed E-state index contributed by atoms with van der Waals surface area (Å²) in [5.41, 5.74) is 2.85. The molecule has 33 heavy (non-hydrogen) atoms. The second-order valence-corrected chi connectivity index (χ2v) is 9.41. The van der Waals surface area contributed by atoms with Gasteiger partial charge in [-0.1, -0.05) is 80.0 Å². The van der Waals surface area contributed by atoms with Gasteiger partial charge in [0.2, 0.25) is 11.0 Å². The van der Waals surface area contributed by atoms with Gasteiger partial charge >= 0.3 is 0 Å². The summed E-state index contributed by atoms with van der Waals surface area (Å²) < 4.78 is 0. The topological polar surface area (TPSA) is 75.2 Å². The number of likely N-dealkylation sites (tertiary alicyclic amines) is 1. The predicted octanol–water partition coefficient (Wildman–Crippen LogP) is 5.57. The first-order valence-electron chi connectivity index (χ1n) is 11.8. The van der Waals surface area contributed by atoms with Crippen molar-refractivity contribution in [3.63, 3.8) is 0 Å². The summed E-state index contributed by atoms with van der Waals surface area (Å²) >= 11 is 1.33. The van der Waals surface area contributed by atoms with Gasteiger partial charge in [0.25, 0.3) is 5.91 Å². The molecule has 172 valence electrons. The van der Waals surface area contributed by atoms with Gasteiger partial charge in [0.15, 0.2) is 0 Å². The smallest absolute Gasteiger partial charge is 0.254 e. The molecule has 1 N–H and O–H groups in total. The number of nitrogens with zero attached hydrogens (tertiary/aromatic N) is 3. The van der Waals surface area contributed by atoms with Gasteiger partial charge < -0.3 is 4.90 Å². The zero-order chi connectivity index (χ0) is 23.0. The standard InChI is InChI=1S/C26H30N4O2S/c1-2-3-4-6-10-19-14-16-21(17-15-19)25(32)30-18-9-13-22(30)23(31)27-26-29-28-24(33-26)20-11-7-5-8-12-20/h5,7-8,11-12,14-17,22H,2-4,6,9-10,13,18H2,1H3,(H,27,29,31). The number of anilines is 1. The van der Waals surface area contributed by atoms with Gasteiger partial charge in [0.1, 0.15) is 11.0 Å². The number of hydrogen-bond acceptors (Lipinski definition) is 5. The van der Waals surface area contributed by atoms with Crippen LogP contribution in [0.3, 0.4) is 0 Å². The van der Waals surface area contributed by atoms with Crippen LogP contribution in [-0.2, 0) is 11.2 Å². The largest absolute Gasteiger partial charge is 0.327 e. The Hall–Kier alpha value is -3.06. The Morgan fingerprint density at radius 1 is 1.03 bits per heavy atom. The molecule has 2 aromatic carbocycles. The average Bonchev–Trinajstić information content (AvgIpc) is 3.52. The first kappa shape index (κ1) is 23.1. The first-order chi connectivity index (χ1) is 16.2. The number of aromatic nitrogens is 2. The average molecular weight is 463 g/mol. The highest BCUT2D eigenvalue weighted by atomic mass is 32.1. The predicted molar refractivity (Wildman–Crippen MR) is 132 cm³/mol. The fourth-order valence-corrected chi connectivity index (χ4v) is 4.93. The quantitative estimate of drug-likeness (QED) is 0.422. The lowest BCUT2D eigenvalue weighted by Gasteiger charge is -2.23. The van der Waals surface area contributed by atoms with E-state index in [4.69, 9.17) is 0 Å². The van der Waals surface area contributed by atoms with Crippen molar-refractivity contribution < 1.29 is 9.59 Å². The summed E-state index contributed by atoms with van der Waals surface area (Å²) in [5, 5.41) is 12.4. The molecule has 0 aliphatic carbocycles. The highest BCUT2D eigenvalue weighted by Crippen LogP contribution is 2.27. The van der Waals surface area contributed by atoms with Gasteiger partial charge in [-0.2, -0.15) is 0 Å². The second-order valence-electron chi connectivity index (χ2n) is 8.43. The summed E-state index contributed by atoms with van der Waals surface area (Å²) in [6, 6.07) is 17.1. The molecule has 1 fully saturated rings. The van der Waals surface area contributed by atoms with Crippen molar-refractivity contribution in [1.29, 1.82) is 0 Å². The maximum Gasteiger partial charge on any atom is 0.254 e. The fraction of sp³-hybridized carbons (Fsp3) is 0.385. The Morgan fingerprint density at radius 2 is 1.82 bits per heavy atom. The van der Waals surface area contributed by atoms with Crippen LogP contribution in [0.1, 0.15) is 61.4 Å². The van der Waals surface area contributed by atoms with E-state index < -0.39 is 6.04 Å². The van der Waals surface area contributed by atoms with E-state index in [1.165, 1.54) is 42.6 Å². The minimum absolute atomic E-state index is 0.0904. The maximum atomic E-state index is 13.1. The lowest BCUT2D eigenvalue weighted by molar-refractivity contribution is -0.119. The minimum Gasteiger partial charge on any atom is -0.327 e. The van der Waals surface area contributed by atoms with Crippen molar-refractivity contribution in [3.8, 4) is 10.6 Å². The molecule has 3 aromatic rings. The highest BCUT2D eigenvalue weighted by Gasteiger charge is 2.35.